The van der Waals surface area contributed by atoms with Crippen LogP contribution in [0.2, 0.25) is 5.02 Å². The molecule has 10 nitrogen and oxygen atoms in total. The molecule has 3 N–H and O–H groups in total. The summed E-state index contributed by atoms with van der Waals surface area (Å²) >= 11 is 6.47. The first-order chi connectivity index (χ1) is 20.4. The van der Waals surface area contributed by atoms with Gasteiger partial charge in [-0.2, -0.15) is 18.3 Å². The van der Waals surface area contributed by atoms with Gasteiger partial charge in [-0.25, -0.2) is 4.98 Å². The molecule has 232 valence electrons. The molecule has 5 rings (SSSR count). The number of amides is 2. The highest BCUT2D eigenvalue weighted by molar-refractivity contribution is 6.34. The normalized spacial score (nSPS) is 16.3. The van der Waals surface area contributed by atoms with E-state index in [-0.39, 0.29) is 34.7 Å². The van der Waals surface area contributed by atoms with Crippen molar-refractivity contribution in [3.8, 4) is 0 Å². The van der Waals surface area contributed by atoms with Crippen molar-refractivity contribution in [2.45, 2.75) is 50.2 Å². The fourth-order valence-corrected chi connectivity index (χ4v) is 5.69. The number of likely N-dealkylation sites (N-methyl/N-ethyl adjacent to an activating group) is 2. The van der Waals surface area contributed by atoms with Gasteiger partial charge in [-0.3, -0.25) is 14.7 Å². The van der Waals surface area contributed by atoms with E-state index < -0.39 is 17.8 Å². The number of nitrogens with zero attached hydrogens (tertiary/aromatic N) is 5. The van der Waals surface area contributed by atoms with Crippen molar-refractivity contribution in [1.82, 2.24) is 34.9 Å². The maximum absolute atomic E-state index is 13.5. The van der Waals surface area contributed by atoms with Crippen LogP contribution < -0.4 is 5.32 Å². The Bertz CT molecular complexity index is 1460. The van der Waals surface area contributed by atoms with E-state index in [1.807, 2.05) is 0 Å². The first-order valence-corrected chi connectivity index (χ1v) is 14.7. The van der Waals surface area contributed by atoms with Crippen LogP contribution in [0.3, 0.4) is 0 Å². The first-order valence-electron chi connectivity index (χ1n) is 14.3. The topological polar surface area (TPSA) is 113 Å². The molecule has 0 atom stereocenters. The minimum Gasteiger partial charge on any atom is -0.338 e. The van der Waals surface area contributed by atoms with Gasteiger partial charge in [-0.15, -0.1) is 0 Å². The molecule has 3 heterocycles. The van der Waals surface area contributed by atoms with Gasteiger partial charge in [0.15, 0.2) is 11.5 Å². The molecular formula is C29H36ClF3N8O2. The lowest BCUT2D eigenvalue weighted by Crippen LogP contribution is -2.46. The number of likely N-dealkylation sites (tertiary alicyclic amines) is 1. The molecule has 2 amide bonds. The van der Waals surface area contributed by atoms with E-state index in [0.717, 1.165) is 38.8 Å². The molecule has 1 aliphatic carbocycles. The summed E-state index contributed by atoms with van der Waals surface area (Å²) in [5, 5.41) is 8.96. The summed E-state index contributed by atoms with van der Waals surface area (Å²) in [5.41, 5.74) is 0.663. The van der Waals surface area contributed by atoms with Gasteiger partial charge < -0.3 is 25.0 Å². The number of hydrogen-bond donors (Lipinski definition) is 3. The molecule has 0 bridgehead atoms. The van der Waals surface area contributed by atoms with E-state index in [9.17, 15) is 22.8 Å². The van der Waals surface area contributed by atoms with Gasteiger partial charge in [0, 0.05) is 73.4 Å². The second-order valence-electron chi connectivity index (χ2n) is 11.6. The number of aromatic amines is 2. The molecule has 1 saturated heterocycles. The number of rotatable bonds is 10. The number of nitrogens with one attached hydrogen (secondary N) is 3. The second kappa shape index (κ2) is 12.7. The predicted octanol–water partition coefficient (Wildman–Crippen LogP) is 4.62. The third-order valence-electron chi connectivity index (χ3n) is 8.10. The summed E-state index contributed by atoms with van der Waals surface area (Å²) in [4.78, 5) is 39.2. The number of imidazole rings is 1. The molecule has 43 heavy (non-hydrogen) atoms. The monoisotopic (exact) mass is 620 g/mol. The highest BCUT2D eigenvalue weighted by atomic mass is 35.5. The van der Waals surface area contributed by atoms with Gasteiger partial charge in [0.05, 0.1) is 10.6 Å². The number of carbonyl (C=O) groups is 2. The minimum atomic E-state index is -4.59. The summed E-state index contributed by atoms with van der Waals surface area (Å²) in [6.45, 7) is 3.22. The highest BCUT2D eigenvalue weighted by Crippen LogP contribution is 2.44. The van der Waals surface area contributed by atoms with Gasteiger partial charge in [-0.05, 0) is 65.0 Å². The number of anilines is 1. The standard InChI is InChI=1S/C29H36ClF3N8O2/c1-39(2)12-13-40(3)20-8-10-41(11-9-20)28(43)21-7-6-18(15-23(21)30)36-27(42)26-34-16-19(35-26)14-22-24(17-4-5-17)37-38-25(22)29(31,32)33/h6-7,15-17,20H,4-5,8-14H2,1-3H3,(H,34,35)(H,36,42)(H,37,38). The lowest BCUT2D eigenvalue weighted by Gasteiger charge is -2.37. The fraction of sp³-hybridized carbons (Fsp3) is 0.517. The van der Waals surface area contributed by atoms with Gasteiger partial charge in [0.1, 0.15) is 0 Å². The first kappa shape index (κ1) is 31.0. The molecule has 0 radical (unpaired) electrons. The van der Waals surface area contributed by atoms with E-state index in [1.54, 1.807) is 17.0 Å². The van der Waals surface area contributed by atoms with Crippen LogP contribution >= 0.6 is 11.6 Å². The van der Waals surface area contributed by atoms with E-state index >= 15 is 0 Å². The van der Waals surface area contributed by atoms with Crippen LogP contribution in [0.1, 0.15) is 75.2 Å². The van der Waals surface area contributed by atoms with Crippen molar-refractivity contribution in [3.63, 3.8) is 0 Å². The van der Waals surface area contributed by atoms with Gasteiger partial charge in [-0.1, -0.05) is 11.6 Å². The Labute approximate surface area is 253 Å². The van der Waals surface area contributed by atoms with Crippen LogP contribution in [0, 0.1) is 0 Å². The van der Waals surface area contributed by atoms with E-state index in [0.29, 0.717) is 41.8 Å². The quantitative estimate of drug-likeness (QED) is 0.305. The Hall–Kier alpha value is -3.42. The predicted molar refractivity (Wildman–Crippen MR) is 156 cm³/mol. The average Bonchev–Trinajstić information content (AvgIpc) is 3.53. The fourth-order valence-electron chi connectivity index (χ4n) is 5.43. The van der Waals surface area contributed by atoms with E-state index in [4.69, 9.17) is 11.6 Å². The number of carbonyl (C=O) groups excluding carboxylic acids is 2. The van der Waals surface area contributed by atoms with Crippen LogP contribution in [-0.2, 0) is 12.6 Å². The van der Waals surface area contributed by atoms with Crippen molar-refractivity contribution < 1.29 is 22.8 Å². The number of alkyl halides is 3. The third kappa shape index (κ3) is 7.39. The smallest absolute Gasteiger partial charge is 0.338 e. The van der Waals surface area contributed by atoms with Crippen molar-refractivity contribution >= 4 is 29.1 Å². The number of benzene rings is 1. The number of piperidine rings is 1. The maximum Gasteiger partial charge on any atom is 0.435 e. The van der Waals surface area contributed by atoms with Gasteiger partial charge in [0.2, 0.25) is 0 Å². The second-order valence-corrected chi connectivity index (χ2v) is 12.0. The molecule has 1 saturated carbocycles. The van der Waals surface area contributed by atoms with Crippen LogP contribution in [0.4, 0.5) is 18.9 Å². The Balaban J connectivity index is 1.18. The van der Waals surface area contributed by atoms with E-state index in [1.165, 1.54) is 12.3 Å². The maximum atomic E-state index is 13.5. The molecule has 0 unspecified atom stereocenters. The summed E-state index contributed by atoms with van der Waals surface area (Å²) in [6, 6.07) is 5.10. The Morgan fingerprint density at radius 2 is 1.84 bits per heavy atom. The van der Waals surface area contributed by atoms with Crippen LogP contribution in [0.15, 0.2) is 24.4 Å². The molecule has 2 aromatic heterocycles. The average molecular weight is 621 g/mol. The number of H-pyrrole nitrogens is 2. The van der Waals surface area contributed by atoms with E-state index in [2.05, 4.69) is 56.4 Å². The molecule has 1 aromatic carbocycles. The van der Waals surface area contributed by atoms with Crippen molar-refractivity contribution in [1.29, 1.82) is 0 Å². The Morgan fingerprint density at radius 1 is 1.12 bits per heavy atom. The van der Waals surface area contributed by atoms with Gasteiger partial charge in [0.25, 0.3) is 11.8 Å². The molecule has 0 spiro atoms. The summed E-state index contributed by atoms with van der Waals surface area (Å²) < 4.78 is 40.6. The lowest BCUT2D eigenvalue weighted by atomic mass is 10.0. The SMILES string of the molecule is CN(C)CCN(C)C1CCN(C(=O)c2ccc(NC(=O)c3ncc(Cc4c(C(F)(F)F)n[nH]c4C4CC4)[nH]3)cc2Cl)CC1. The molecule has 1 aliphatic heterocycles. The largest absolute Gasteiger partial charge is 0.435 e. The third-order valence-corrected chi connectivity index (χ3v) is 8.41. The molecule has 14 heteroatoms. The van der Waals surface area contributed by atoms with Crippen LogP contribution in [0.25, 0.3) is 0 Å². The Morgan fingerprint density at radius 3 is 2.47 bits per heavy atom. The highest BCUT2D eigenvalue weighted by Gasteiger charge is 2.40. The van der Waals surface area contributed by atoms with Crippen molar-refractivity contribution in [2.75, 3.05) is 52.6 Å². The Kier molecular flexibility index (Phi) is 9.14. The zero-order chi connectivity index (χ0) is 30.9. The molecule has 2 aliphatic rings. The summed E-state index contributed by atoms with van der Waals surface area (Å²) in [5.74, 6) is -0.770. The van der Waals surface area contributed by atoms with Gasteiger partial charge >= 0.3 is 6.18 Å². The molecule has 2 fully saturated rings. The number of halogens is 4. The summed E-state index contributed by atoms with van der Waals surface area (Å²) in [6.07, 6.45) is 0.0391. The zero-order valence-electron chi connectivity index (χ0n) is 24.4. The zero-order valence-corrected chi connectivity index (χ0v) is 25.1. The van der Waals surface area contributed by atoms with Crippen LogP contribution in [-0.4, -0.2) is 100 Å². The molecular weight excluding hydrogens is 585 g/mol. The van der Waals surface area contributed by atoms with Crippen molar-refractivity contribution in [2.24, 2.45) is 0 Å². The number of hydrogen-bond acceptors (Lipinski definition) is 6. The number of aromatic nitrogens is 4. The lowest BCUT2D eigenvalue weighted by molar-refractivity contribution is -0.141. The van der Waals surface area contributed by atoms with Crippen molar-refractivity contribution in [3.05, 3.63) is 63.5 Å². The molecule has 3 aromatic rings. The van der Waals surface area contributed by atoms with Crippen LogP contribution in [0.5, 0.6) is 0 Å². The summed E-state index contributed by atoms with van der Waals surface area (Å²) in [7, 11) is 6.22. The minimum absolute atomic E-state index is 0.0375.